The summed E-state index contributed by atoms with van der Waals surface area (Å²) in [6.07, 6.45) is 2.24. The van der Waals surface area contributed by atoms with Crippen LogP contribution in [-0.2, 0) is 4.79 Å². The summed E-state index contributed by atoms with van der Waals surface area (Å²) in [7, 11) is 0. The first-order chi connectivity index (χ1) is 10.2. The van der Waals surface area contributed by atoms with Crippen LogP contribution in [0, 0.1) is 5.82 Å². The molecule has 0 aliphatic carbocycles. The van der Waals surface area contributed by atoms with Gasteiger partial charge in [0.05, 0.1) is 13.2 Å². The highest BCUT2D eigenvalue weighted by atomic mass is 19.1. The van der Waals surface area contributed by atoms with E-state index in [-0.39, 0.29) is 24.9 Å². The van der Waals surface area contributed by atoms with E-state index in [4.69, 9.17) is 5.11 Å². The Hall–Kier alpha value is -1.50. The van der Waals surface area contributed by atoms with Gasteiger partial charge in [-0.2, -0.15) is 0 Å². The first-order valence-corrected chi connectivity index (χ1v) is 7.29. The monoisotopic (exact) mass is 295 g/mol. The van der Waals surface area contributed by atoms with Crippen molar-refractivity contribution in [3.05, 3.63) is 30.1 Å². The second-order valence-corrected chi connectivity index (χ2v) is 5.31. The van der Waals surface area contributed by atoms with Gasteiger partial charge in [0.1, 0.15) is 5.82 Å². The topological polar surface area (TPSA) is 64.6 Å². The maximum absolute atomic E-state index is 13.1. The Morgan fingerprint density at radius 2 is 2.38 bits per heavy atom. The molecule has 21 heavy (non-hydrogen) atoms. The Bertz CT molecular complexity index is 464. The van der Waals surface area contributed by atoms with Crippen LogP contribution in [-0.4, -0.2) is 54.7 Å². The Labute approximate surface area is 124 Å². The molecule has 1 heterocycles. The summed E-state index contributed by atoms with van der Waals surface area (Å²) in [5.74, 6) is -0.581. The second kappa shape index (κ2) is 8.07. The summed E-state index contributed by atoms with van der Waals surface area (Å²) in [5, 5.41) is 15.2. The van der Waals surface area contributed by atoms with E-state index in [0.29, 0.717) is 18.3 Å². The lowest BCUT2D eigenvalue weighted by Crippen LogP contribution is -2.42. The molecule has 0 bridgehead atoms. The number of rotatable bonds is 7. The smallest absolute Gasteiger partial charge is 0.238 e. The molecular formula is C15H22FN3O2. The third kappa shape index (κ3) is 5.41. The molecule has 5 nitrogen and oxygen atoms in total. The van der Waals surface area contributed by atoms with Gasteiger partial charge in [0.15, 0.2) is 0 Å². The number of amides is 1. The Kier molecular flexibility index (Phi) is 6.10. The molecule has 0 radical (unpaired) electrons. The number of hydrogen-bond donors (Lipinski definition) is 3. The van der Waals surface area contributed by atoms with Crippen molar-refractivity contribution < 1.29 is 14.3 Å². The fourth-order valence-electron chi connectivity index (χ4n) is 2.57. The molecular weight excluding hydrogens is 273 g/mol. The summed E-state index contributed by atoms with van der Waals surface area (Å²) in [5.41, 5.74) is 0.447. The highest BCUT2D eigenvalue weighted by Crippen LogP contribution is 2.10. The van der Waals surface area contributed by atoms with Crippen LogP contribution in [0.3, 0.4) is 0 Å². The number of anilines is 1. The Morgan fingerprint density at radius 3 is 3.05 bits per heavy atom. The molecule has 0 saturated carbocycles. The molecule has 1 aliphatic heterocycles. The molecule has 1 aromatic rings. The highest BCUT2D eigenvalue weighted by Gasteiger charge is 2.19. The van der Waals surface area contributed by atoms with Crippen molar-refractivity contribution >= 4 is 11.6 Å². The predicted octanol–water partition coefficient (Wildman–Crippen LogP) is 0.810. The molecule has 1 saturated heterocycles. The Balaban J connectivity index is 1.85. The van der Waals surface area contributed by atoms with E-state index in [0.717, 1.165) is 25.9 Å². The highest BCUT2D eigenvalue weighted by molar-refractivity contribution is 5.92. The minimum atomic E-state index is -0.379. The standard InChI is InChI=1S/C15H22FN3O2/c16-12-3-1-4-13(9-12)18-15(21)11-19(7-8-20)10-14-5-2-6-17-14/h1,3-4,9,14,17,20H,2,5-8,10-11H2,(H,18,21). The zero-order chi connectivity index (χ0) is 15.1. The van der Waals surface area contributed by atoms with Crippen LogP contribution in [0.4, 0.5) is 10.1 Å². The van der Waals surface area contributed by atoms with Crippen LogP contribution in [0.1, 0.15) is 12.8 Å². The van der Waals surface area contributed by atoms with Gasteiger partial charge in [-0.05, 0) is 37.6 Å². The largest absolute Gasteiger partial charge is 0.395 e. The zero-order valence-corrected chi connectivity index (χ0v) is 12.0. The van der Waals surface area contributed by atoms with E-state index >= 15 is 0 Å². The van der Waals surface area contributed by atoms with Gasteiger partial charge >= 0.3 is 0 Å². The summed E-state index contributed by atoms with van der Waals surface area (Å²) in [4.78, 5) is 13.9. The quantitative estimate of drug-likeness (QED) is 0.696. The fourth-order valence-corrected chi connectivity index (χ4v) is 2.57. The zero-order valence-electron chi connectivity index (χ0n) is 12.0. The van der Waals surface area contributed by atoms with E-state index < -0.39 is 0 Å². The fraction of sp³-hybridized carbons (Fsp3) is 0.533. The van der Waals surface area contributed by atoms with Gasteiger partial charge in [-0.15, -0.1) is 0 Å². The van der Waals surface area contributed by atoms with Crippen molar-refractivity contribution in [1.29, 1.82) is 0 Å². The van der Waals surface area contributed by atoms with E-state index in [2.05, 4.69) is 10.6 Å². The molecule has 1 amide bonds. The van der Waals surface area contributed by atoms with Crippen molar-refractivity contribution in [3.8, 4) is 0 Å². The SMILES string of the molecule is O=C(CN(CCO)CC1CCCN1)Nc1cccc(F)c1. The maximum atomic E-state index is 13.1. The third-order valence-electron chi connectivity index (χ3n) is 3.53. The van der Waals surface area contributed by atoms with Crippen LogP contribution in [0.15, 0.2) is 24.3 Å². The number of aliphatic hydroxyl groups is 1. The van der Waals surface area contributed by atoms with Gasteiger partial charge in [-0.1, -0.05) is 6.07 Å². The molecule has 0 aromatic heterocycles. The van der Waals surface area contributed by atoms with Crippen molar-refractivity contribution in [3.63, 3.8) is 0 Å². The number of nitrogens with one attached hydrogen (secondary N) is 2. The first kappa shape index (κ1) is 15.9. The van der Waals surface area contributed by atoms with Crippen LogP contribution >= 0.6 is 0 Å². The molecule has 1 aromatic carbocycles. The lowest BCUT2D eigenvalue weighted by Gasteiger charge is -2.24. The van der Waals surface area contributed by atoms with Gasteiger partial charge in [-0.3, -0.25) is 9.69 Å². The Morgan fingerprint density at radius 1 is 1.52 bits per heavy atom. The lowest BCUT2D eigenvalue weighted by molar-refractivity contribution is -0.117. The summed E-state index contributed by atoms with van der Waals surface area (Å²) in [6, 6.07) is 6.19. The van der Waals surface area contributed by atoms with Crippen LogP contribution < -0.4 is 10.6 Å². The summed E-state index contributed by atoms with van der Waals surface area (Å²) >= 11 is 0. The molecule has 1 atom stereocenters. The number of benzene rings is 1. The van der Waals surface area contributed by atoms with E-state index in [9.17, 15) is 9.18 Å². The van der Waals surface area contributed by atoms with Crippen LogP contribution in [0.5, 0.6) is 0 Å². The molecule has 2 rings (SSSR count). The number of halogens is 1. The maximum Gasteiger partial charge on any atom is 0.238 e. The molecule has 3 N–H and O–H groups in total. The lowest BCUT2D eigenvalue weighted by atomic mass is 10.2. The van der Waals surface area contributed by atoms with Gasteiger partial charge in [-0.25, -0.2) is 4.39 Å². The number of carbonyl (C=O) groups is 1. The van der Waals surface area contributed by atoms with Gasteiger partial charge in [0.25, 0.3) is 0 Å². The van der Waals surface area contributed by atoms with Crippen molar-refractivity contribution in [2.45, 2.75) is 18.9 Å². The number of carbonyl (C=O) groups excluding carboxylic acids is 1. The molecule has 0 spiro atoms. The van der Waals surface area contributed by atoms with E-state index in [1.165, 1.54) is 12.1 Å². The van der Waals surface area contributed by atoms with Crippen molar-refractivity contribution in [2.24, 2.45) is 0 Å². The average Bonchev–Trinajstić information content (AvgIpc) is 2.91. The molecule has 1 fully saturated rings. The normalized spacial score (nSPS) is 18.1. The van der Waals surface area contributed by atoms with Gasteiger partial charge in [0, 0.05) is 24.8 Å². The number of nitrogens with zero attached hydrogens (tertiary/aromatic N) is 1. The molecule has 116 valence electrons. The van der Waals surface area contributed by atoms with Gasteiger partial charge in [0.2, 0.25) is 5.91 Å². The minimum absolute atomic E-state index is 0.0139. The average molecular weight is 295 g/mol. The first-order valence-electron chi connectivity index (χ1n) is 7.29. The van der Waals surface area contributed by atoms with Gasteiger partial charge < -0.3 is 15.7 Å². The molecule has 6 heteroatoms. The summed E-state index contributed by atoms with van der Waals surface area (Å²) in [6.45, 7) is 2.40. The van der Waals surface area contributed by atoms with E-state index in [1.54, 1.807) is 12.1 Å². The van der Waals surface area contributed by atoms with Crippen LogP contribution in [0.2, 0.25) is 0 Å². The minimum Gasteiger partial charge on any atom is -0.395 e. The molecule has 1 unspecified atom stereocenters. The van der Waals surface area contributed by atoms with Crippen molar-refractivity contribution in [1.82, 2.24) is 10.2 Å². The number of aliphatic hydroxyl groups excluding tert-OH is 1. The molecule has 1 aliphatic rings. The van der Waals surface area contributed by atoms with Crippen LogP contribution in [0.25, 0.3) is 0 Å². The predicted molar refractivity (Wildman–Crippen MR) is 79.6 cm³/mol. The number of hydrogen-bond acceptors (Lipinski definition) is 4. The van der Waals surface area contributed by atoms with Crippen molar-refractivity contribution in [2.75, 3.05) is 38.1 Å². The van der Waals surface area contributed by atoms with E-state index in [1.807, 2.05) is 4.90 Å². The third-order valence-corrected chi connectivity index (χ3v) is 3.53. The summed E-state index contributed by atoms with van der Waals surface area (Å²) < 4.78 is 13.1. The second-order valence-electron chi connectivity index (χ2n) is 5.31.